The van der Waals surface area contributed by atoms with Crippen molar-refractivity contribution < 1.29 is 9.72 Å². The van der Waals surface area contributed by atoms with E-state index in [1.54, 1.807) is 6.07 Å². The Morgan fingerprint density at radius 2 is 1.96 bits per heavy atom. The van der Waals surface area contributed by atoms with Crippen LogP contribution in [-0.4, -0.2) is 31.2 Å². The number of benzene rings is 1. The molecule has 9 nitrogen and oxygen atoms in total. The molecule has 0 saturated heterocycles. The van der Waals surface area contributed by atoms with Crippen molar-refractivity contribution in [2.24, 2.45) is 0 Å². The van der Waals surface area contributed by atoms with Gasteiger partial charge in [0.1, 0.15) is 5.69 Å². The van der Waals surface area contributed by atoms with E-state index in [1.807, 2.05) is 30.3 Å². The number of nitro groups is 1. The van der Waals surface area contributed by atoms with Crippen LogP contribution in [0.5, 0.6) is 0 Å². The average Bonchev–Trinajstić information content (AvgIpc) is 3.20. The summed E-state index contributed by atoms with van der Waals surface area (Å²) in [5, 5.41) is 26.6. The van der Waals surface area contributed by atoms with Gasteiger partial charge in [-0.15, -0.1) is 0 Å². The van der Waals surface area contributed by atoms with Gasteiger partial charge < -0.3 is 5.32 Å². The minimum Gasteiger partial charge on any atom is -0.303 e. The summed E-state index contributed by atoms with van der Waals surface area (Å²) < 4.78 is 0. The number of H-pyrrole nitrogens is 2. The lowest BCUT2D eigenvalue weighted by atomic mass is 10.1. The van der Waals surface area contributed by atoms with Crippen molar-refractivity contribution in [3.8, 4) is 0 Å². The van der Waals surface area contributed by atoms with Crippen LogP contribution in [0.2, 0.25) is 0 Å². The van der Waals surface area contributed by atoms with Crippen molar-refractivity contribution in [3.05, 3.63) is 69.2 Å². The molecular weight excluding hydrogens is 324 g/mol. The number of hydrogen-bond acceptors (Lipinski definition) is 5. The summed E-state index contributed by atoms with van der Waals surface area (Å²) in [5.74, 6) is -0.389. The minimum atomic E-state index is -0.683. The van der Waals surface area contributed by atoms with E-state index in [4.69, 9.17) is 0 Å². The minimum absolute atomic E-state index is 0.223. The molecule has 3 aromatic rings. The van der Waals surface area contributed by atoms with Crippen LogP contribution in [0.4, 0.5) is 11.5 Å². The van der Waals surface area contributed by atoms with Crippen molar-refractivity contribution >= 4 is 17.4 Å². The van der Waals surface area contributed by atoms with Crippen LogP contribution in [0.1, 0.15) is 27.4 Å². The van der Waals surface area contributed by atoms with Crippen molar-refractivity contribution in [2.45, 2.75) is 19.8 Å². The zero-order chi connectivity index (χ0) is 17.8. The molecule has 0 unspecified atom stereocenters. The molecule has 0 aliphatic rings. The monoisotopic (exact) mass is 340 g/mol. The van der Waals surface area contributed by atoms with Gasteiger partial charge in [-0.3, -0.25) is 25.1 Å². The first kappa shape index (κ1) is 16.4. The highest BCUT2D eigenvalue weighted by atomic mass is 16.6. The molecule has 25 heavy (non-hydrogen) atoms. The van der Waals surface area contributed by atoms with Gasteiger partial charge in [-0.25, -0.2) is 0 Å². The summed E-state index contributed by atoms with van der Waals surface area (Å²) in [6, 6.07) is 11.7. The first-order valence-corrected chi connectivity index (χ1v) is 7.63. The second-order valence-electron chi connectivity index (χ2n) is 5.52. The maximum absolute atomic E-state index is 12.2. The van der Waals surface area contributed by atoms with Gasteiger partial charge in [0.25, 0.3) is 5.91 Å². The summed E-state index contributed by atoms with van der Waals surface area (Å²) in [6.07, 6.45) is 1.56. The number of nitrogens with zero attached hydrogens (tertiary/aromatic N) is 3. The Labute approximate surface area is 142 Å². The van der Waals surface area contributed by atoms with Crippen LogP contribution in [0, 0.1) is 17.0 Å². The van der Waals surface area contributed by atoms with Gasteiger partial charge in [-0.05, 0) is 25.3 Å². The van der Waals surface area contributed by atoms with Crippen LogP contribution in [0.15, 0.2) is 36.4 Å². The molecule has 0 spiro atoms. The van der Waals surface area contributed by atoms with Crippen LogP contribution < -0.4 is 5.32 Å². The highest BCUT2D eigenvalue weighted by Crippen LogP contribution is 2.21. The number of anilines is 1. The fourth-order valence-corrected chi connectivity index (χ4v) is 2.46. The maximum Gasteiger partial charge on any atom is 0.322 e. The van der Waals surface area contributed by atoms with Gasteiger partial charge in [0.05, 0.1) is 4.92 Å². The number of rotatable bonds is 6. The van der Waals surface area contributed by atoms with E-state index in [1.165, 1.54) is 12.5 Å². The van der Waals surface area contributed by atoms with Gasteiger partial charge in [-0.2, -0.15) is 10.2 Å². The summed E-state index contributed by atoms with van der Waals surface area (Å²) in [4.78, 5) is 22.6. The number of hydrogen-bond donors (Lipinski definition) is 3. The summed E-state index contributed by atoms with van der Waals surface area (Å²) in [7, 11) is 0. The molecule has 0 bridgehead atoms. The molecule has 1 amide bonds. The molecule has 2 aromatic heterocycles. The third-order valence-electron chi connectivity index (χ3n) is 3.71. The van der Waals surface area contributed by atoms with Crippen molar-refractivity contribution in [1.82, 2.24) is 20.4 Å². The fraction of sp³-hybridized carbons (Fsp3) is 0.188. The number of amides is 1. The van der Waals surface area contributed by atoms with E-state index < -0.39 is 10.8 Å². The number of aromatic nitrogens is 4. The largest absolute Gasteiger partial charge is 0.322 e. The van der Waals surface area contributed by atoms with Gasteiger partial charge in [0.2, 0.25) is 5.69 Å². The topological polar surface area (TPSA) is 130 Å². The lowest BCUT2D eigenvalue weighted by Gasteiger charge is -1.99. The Balaban J connectivity index is 1.65. The van der Waals surface area contributed by atoms with Crippen LogP contribution >= 0.6 is 0 Å². The Morgan fingerprint density at radius 1 is 1.20 bits per heavy atom. The molecule has 3 N–H and O–H groups in total. The lowest BCUT2D eigenvalue weighted by molar-refractivity contribution is -0.385. The first-order chi connectivity index (χ1) is 12.0. The van der Waals surface area contributed by atoms with Crippen molar-refractivity contribution in [2.75, 3.05) is 5.32 Å². The zero-order valence-electron chi connectivity index (χ0n) is 13.4. The molecular formula is C16H16N6O3. The van der Waals surface area contributed by atoms with Crippen molar-refractivity contribution in [1.29, 1.82) is 0 Å². The Kier molecular flexibility index (Phi) is 4.55. The molecule has 0 aliphatic heterocycles. The van der Waals surface area contributed by atoms with E-state index in [0.29, 0.717) is 5.82 Å². The Morgan fingerprint density at radius 3 is 2.68 bits per heavy atom. The molecule has 3 rings (SSSR count). The van der Waals surface area contributed by atoms with E-state index in [-0.39, 0.29) is 17.1 Å². The smallest absolute Gasteiger partial charge is 0.303 e. The second kappa shape index (κ2) is 6.95. The summed E-state index contributed by atoms with van der Waals surface area (Å²) >= 11 is 0. The fourth-order valence-electron chi connectivity index (χ4n) is 2.46. The summed E-state index contributed by atoms with van der Waals surface area (Å²) in [6.45, 7) is 1.48. The highest BCUT2D eigenvalue weighted by molar-refractivity contribution is 6.05. The molecule has 0 saturated carbocycles. The number of carbonyl (C=O) groups is 1. The van der Waals surface area contributed by atoms with E-state index in [2.05, 4.69) is 25.7 Å². The maximum atomic E-state index is 12.2. The van der Waals surface area contributed by atoms with E-state index in [0.717, 1.165) is 18.5 Å². The normalized spacial score (nSPS) is 10.6. The van der Waals surface area contributed by atoms with Crippen LogP contribution in [0.3, 0.4) is 0 Å². The quantitative estimate of drug-likeness (QED) is 0.468. The van der Waals surface area contributed by atoms with Crippen LogP contribution in [0.25, 0.3) is 0 Å². The number of nitrogens with one attached hydrogen (secondary N) is 3. The predicted molar refractivity (Wildman–Crippen MR) is 90.4 cm³/mol. The average molecular weight is 340 g/mol. The molecule has 0 atom stereocenters. The SMILES string of the molecule is Cc1[nH]nc(C(=O)Nc2cc(CCc3ccccc3)[nH]n2)c1[N+](=O)[O-]. The molecule has 128 valence electrons. The second-order valence-corrected chi connectivity index (χ2v) is 5.52. The van der Waals surface area contributed by atoms with Crippen LogP contribution in [-0.2, 0) is 12.8 Å². The molecule has 0 aliphatic carbocycles. The lowest BCUT2D eigenvalue weighted by Crippen LogP contribution is -2.14. The number of aromatic amines is 2. The third-order valence-corrected chi connectivity index (χ3v) is 3.71. The molecule has 9 heteroatoms. The van der Waals surface area contributed by atoms with Gasteiger partial charge in [-0.1, -0.05) is 30.3 Å². The number of carbonyl (C=O) groups excluding carboxylic acids is 1. The van der Waals surface area contributed by atoms with Gasteiger partial charge >= 0.3 is 5.69 Å². The first-order valence-electron chi connectivity index (χ1n) is 7.63. The third kappa shape index (κ3) is 3.71. The molecule has 0 fully saturated rings. The number of aryl methyl sites for hydroxylation is 3. The molecule has 2 heterocycles. The highest BCUT2D eigenvalue weighted by Gasteiger charge is 2.27. The van der Waals surface area contributed by atoms with Crippen molar-refractivity contribution in [3.63, 3.8) is 0 Å². The standard InChI is InChI=1S/C16H16N6O3/c1-10-15(22(24)25)14(21-18-10)16(23)17-13-9-12(19-20-13)8-7-11-5-3-2-4-6-11/h2-6,9H,7-8H2,1H3,(H,18,21)(H2,17,19,20,23). The zero-order valence-corrected chi connectivity index (χ0v) is 13.4. The van der Waals surface area contributed by atoms with E-state index >= 15 is 0 Å². The summed E-state index contributed by atoms with van der Waals surface area (Å²) in [5.41, 5.74) is 1.67. The van der Waals surface area contributed by atoms with E-state index in [9.17, 15) is 14.9 Å². The van der Waals surface area contributed by atoms with Gasteiger partial charge in [0, 0.05) is 11.8 Å². The van der Waals surface area contributed by atoms with Gasteiger partial charge in [0.15, 0.2) is 5.82 Å². The molecule has 1 aromatic carbocycles. The Hall–Kier alpha value is -3.49. The Bertz CT molecular complexity index is 900. The predicted octanol–water partition coefficient (Wildman–Crippen LogP) is 2.39. The molecule has 0 radical (unpaired) electrons.